The number of rotatable bonds is 4. The Hall–Kier alpha value is -1.47. The zero-order chi connectivity index (χ0) is 15.5. The number of aliphatic hydroxyl groups excluding tert-OH is 1. The molecule has 6 nitrogen and oxygen atoms in total. The molecule has 1 aromatic heterocycles. The summed E-state index contributed by atoms with van der Waals surface area (Å²) < 4.78 is 10.8. The molecule has 2 aromatic rings. The van der Waals surface area contributed by atoms with Gasteiger partial charge in [-0.05, 0) is 25.1 Å². The van der Waals surface area contributed by atoms with E-state index in [1.165, 1.54) is 0 Å². The molecular formula is C15H18ClN3O3. The standard InChI is InChI=1S/C15H18ClN3O3/c1-10-9-21-13(8-20)6-19(10)7-14-17-15(22-18-14)11-3-2-4-12(16)5-11/h2-5,10,13,20H,6-9H2,1H3. The topological polar surface area (TPSA) is 71.6 Å². The molecule has 0 spiro atoms. The van der Waals surface area contributed by atoms with Crippen molar-refractivity contribution in [3.8, 4) is 11.5 Å². The first-order chi connectivity index (χ1) is 10.7. The molecule has 1 aromatic carbocycles. The lowest BCUT2D eigenvalue weighted by Crippen LogP contribution is -2.49. The van der Waals surface area contributed by atoms with E-state index in [-0.39, 0.29) is 18.8 Å². The Morgan fingerprint density at radius 2 is 2.32 bits per heavy atom. The van der Waals surface area contributed by atoms with Crippen molar-refractivity contribution in [1.29, 1.82) is 0 Å². The van der Waals surface area contributed by atoms with Crippen molar-refractivity contribution in [2.24, 2.45) is 0 Å². The second-order valence-corrected chi connectivity index (χ2v) is 5.88. The first kappa shape index (κ1) is 15.4. The number of nitrogens with zero attached hydrogens (tertiary/aromatic N) is 3. The second-order valence-electron chi connectivity index (χ2n) is 5.44. The van der Waals surface area contributed by atoms with Crippen LogP contribution in [0.25, 0.3) is 11.5 Å². The van der Waals surface area contributed by atoms with E-state index in [1.54, 1.807) is 12.1 Å². The van der Waals surface area contributed by atoms with Crippen LogP contribution in [0.1, 0.15) is 12.7 Å². The summed E-state index contributed by atoms with van der Waals surface area (Å²) in [6, 6.07) is 7.56. The molecule has 0 amide bonds. The second kappa shape index (κ2) is 6.75. The van der Waals surface area contributed by atoms with Gasteiger partial charge in [0.05, 0.1) is 25.9 Å². The summed E-state index contributed by atoms with van der Waals surface area (Å²) in [6.45, 7) is 3.89. The third-order valence-corrected chi connectivity index (χ3v) is 3.96. The average molecular weight is 324 g/mol. The van der Waals surface area contributed by atoms with Crippen LogP contribution in [0.3, 0.4) is 0 Å². The molecule has 2 atom stereocenters. The number of hydrogen-bond donors (Lipinski definition) is 1. The maximum Gasteiger partial charge on any atom is 0.258 e. The van der Waals surface area contributed by atoms with Crippen LogP contribution >= 0.6 is 11.6 Å². The van der Waals surface area contributed by atoms with Crippen LogP contribution in [-0.4, -0.2) is 52.1 Å². The molecule has 3 rings (SSSR count). The Bertz CT molecular complexity index is 634. The number of aliphatic hydroxyl groups is 1. The predicted octanol–water partition coefficient (Wildman–Crippen LogP) is 1.97. The summed E-state index contributed by atoms with van der Waals surface area (Å²) in [5.41, 5.74) is 0.800. The van der Waals surface area contributed by atoms with Gasteiger partial charge in [0.15, 0.2) is 5.82 Å². The molecule has 118 valence electrons. The maximum absolute atomic E-state index is 9.23. The zero-order valence-electron chi connectivity index (χ0n) is 12.3. The molecule has 1 N–H and O–H groups in total. The summed E-state index contributed by atoms with van der Waals surface area (Å²) in [5.74, 6) is 1.07. The van der Waals surface area contributed by atoms with Crippen LogP contribution in [0.5, 0.6) is 0 Å². The van der Waals surface area contributed by atoms with Gasteiger partial charge in [-0.1, -0.05) is 22.8 Å². The van der Waals surface area contributed by atoms with Gasteiger partial charge in [0.1, 0.15) is 0 Å². The van der Waals surface area contributed by atoms with Crippen LogP contribution in [0, 0.1) is 0 Å². The number of morpholine rings is 1. The number of ether oxygens (including phenoxy) is 1. The van der Waals surface area contributed by atoms with E-state index < -0.39 is 0 Å². The molecule has 1 fully saturated rings. The molecule has 2 heterocycles. The first-order valence-electron chi connectivity index (χ1n) is 7.20. The highest BCUT2D eigenvalue weighted by atomic mass is 35.5. The average Bonchev–Trinajstić information content (AvgIpc) is 2.98. The summed E-state index contributed by atoms with van der Waals surface area (Å²) in [4.78, 5) is 6.60. The smallest absolute Gasteiger partial charge is 0.258 e. The first-order valence-corrected chi connectivity index (χ1v) is 7.58. The lowest BCUT2D eigenvalue weighted by Gasteiger charge is -2.36. The van der Waals surface area contributed by atoms with E-state index in [9.17, 15) is 5.11 Å². The Morgan fingerprint density at radius 3 is 3.09 bits per heavy atom. The fraction of sp³-hybridized carbons (Fsp3) is 0.467. The number of halogens is 1. The number of aromatic nitrogens is 2. The van der Waals surface area contributed by atoms with Gasteiger partial charge in [0.25, 0.3) is 5.89 Å². The molecule has 1 saturated heterocycles. The Morgan fingerprint density at radius 1 is 1.45 bits per heavy atom. The molecule has 1 aliphatic heterocycles. The van der Waals surface area contributed by atoms with E-state index in [0.29, 0.717) is 36.4 Å². The highest BCUT2D eigenvalue weighted by Gasteiger charge is 2.26. The molecular weight excluding hydrogens is 306 g/mol. The van der Waals surface area contributed by atoms with Crippen LogP contribution in [-0.2, 0) is 11.3 Å². The van der Waals surface area contributed by atoms with Crippen molar-refractivity contribution in [3.05, 3.63) is 35.1 Å². The van der Waals surface area contributed by atoms with Gasteiger partial charge in [-0.3, -0.25) is 4.90 Å². The maximum atomic E-state index is 9.23. The molecule has 0 aliphatic carbocycles. The summed E-state index contributed by atoms with van der Waals surface area (Å²) >= 11 is 5.97. The highest BCUT2D eigenvalue weighted by Crippen LogP contribution is 2.22. The van der Waals surface area contributed by atoms with Gasteiger partial charge in [0, 0.05) is 23.2 Å². The molecule has 0 radical (unpaired) electrons. The molecule has 1 aliphatic rings. The molecule has 0 bridgehead atoms. The Labute approximate surface area is 133 Å². The Kier molecular flexibility index (Phi) is 4.73. The van der Waals surface area contributed by atoms with Gasteiger partial charge < -0.3 is 14.4 Å². The predicted molar refractivity (Wildman–Crippen MR) is 81.4 cm³/mol. The number of benzene rings is 1. The summed E-state index contributed by atoms with van der Waals surface area (Å²) in [7, 11) is 0. The van der Waals surface area contributed by atoms with Gasteiger partial charge in [-0.25, -0.2) is 0 Å². The van der Waals surface area contributed by atoms with Crippen molar-refractivity contribution >= 4 is 11.6 Å². The van der Waals surface area contributed by atoms with E-state index in [1.807, 2.05) is 12.1 Å². The van der Waals surface area contributed by atoms with Gasteiger partial charge in [-0.2, -0.15) is 4.98 Å². The van der Waals surface area contributed by atoms with Crippen LogP contribution in [0.2, 0.25) is 5.02 Å². The van der Waals surface area contributed by atoms with Crippen molar-refractivity contribution in [2.75, 3.05) is 19.8 Å². The molecule has 2 unspecified atom stereocenters. The SMILES string of the molecule is CC1COC(CO)CN1Cc1noc(-c2cccc(Cl)c2)n1. The quantitative estimate of drug-likeness (QED) is 0.927. The van der Waals surface area contributed by atoms with Gasteiger partial charge in [0.2, 0.25) is 0 Å². The minimum Gasteiger partial charge on any atom is -0.394 e. The van der Waals surface area contributed by atoms with E-state index >= 15 is 0 Å². The van der Waals surface area contributed by atoms with Crippen LogP contribution in [0.15, 0.2) is 28.8 Å². The summed E-state index contributed by atoms with van der Waals surface area (Å²) in [6.07, 6.45) is -0.157. The van der Waals surface area contributed by atoms with Crippen molar-refractivity contribution in [1.82, 2.24) is 15.0 Å². The van der Waals surface area contributed by atoms with Gasteiger partial charge in [-0.15, -0.1) is 0 Å². The third kappa shape index (κ3) is 3.47. The monoisotopic (exact) mass is 323 g/mol. The van der Waals surface area contributed by atoms with Crippen LogP contribution in [0.4, 0.5) is 0 Å². The normalized spacial score (nSPS) is 22.9. The lowest BCUT2D eigenvalue weighted by atomic mass is 10.2. The fourth-order valence-corrected chi connectivity index (χ4v) is 2.63. The van der Waals surface area contributed by atoms with Crippen molar-refractivity contribution in [3.63, 3.8) is 0 Å². The van der Waals surface area contributed by atoms with Crippen molar-refractivity contribution in [2.45, 2.75) is 25.6 Å². The van der Waals surface area contributed by atoms with Crippen molar-refractivity contribution < 1.29 is 14.4 Å². The zero-order valence-corrected chi connectivity index (χ0v) is 13.0. The summed E-state index contributed by atoms with van der Waals surface area (Å²) in [5, 5.41) is 13.9. The highest BCUT2D eigenvalue weighted by molar-refractivity contribution is 6.30. The molecule has 7 heteroatoms. The largest absolute Gasteiger partial charge is 0.394 e. The van der Waals surface area contributed by atoms with E-state index in [0.717, 1.165) is 5.56 Å². The van der Waals surface area contributed by atoms with Crippen LogP contribution < -0.4 is 0 Å². The minimum atomic E-state index is -0.157. The lowest BCUT2D eigenvalue weighted by molar-refractivity contribution is -0.0813. The third-order valence-electron chi connectivity index (χ3n) is 3.72. The van der Waals surface area contributed by atoms with E-state index in [4.69, 9.17) is 20.9 Å². The van der Waals surface area contributed by atoms with Gasteiger partial charge >= 0.3 is 0 Å². The molecule has 0 saturated carbocycles. The fourth-order valence-electron chi connectivity index (χ4n) is 2.44. The molecule has 22 heavy (non-hydrogen) atoms. The Balaban J connectivity index is 1.71. The number of hydrogen-bond acceptors (Lipinski definition) is 6. The van der Waals surface area contributed by atoms with E-state index in [2.05, 4.69) is 22.0 Å². The minimum absolute atomic E-state index is 0.0171.